The summed E-state index contributed by atoms with van der Waals surface area (Å²) in [4.78, 5) is 0.655. The Bertz CT molecular complexity index is 540. The van der Waals surface area contributed by atoms with E-state index in [2.05, 4.69) is 34.3 Å². The van der Waals surface area contributed by atoms with Crippen LogP contribution in [0.25, 0.3) is 0 Å². The normalized spacial score (nSPS) is 12.7. The summed E-state index contributed by atoms with van der Waals surface area (Å²) in [6.07, 6.45) is 2.62. The molecule has 0 aromatic heterocycles. The van der Waals surface area contributed by atoms with Gasteiger partial charge in [-0.15, -0.1) is 0 Å². The maximum atomic E-state index is 12.4. The van der Waals surface area contributed by atoms with Gasteiger partial charge in [0.1, 0.15) is 0 Å². The van der Waals surface area contributed by atoms with E-state index in [1.807, 2.05) is 6.07 Å². The quantitative estimate of drug-likeness (QED) is 0.722. The molecule has 0 atom stereocenters. The summed E-state index contributed by atoms with van der Waals surface area (Å²) in [5.74, 6) is 0.633. The van der Waals surface area contributed by atoms with E-state index in [1.165, 1.54) is 0 Å². The number of hydrogen-bond acceptors (Lipinski definition) is 2. The van der Waals surface area contributed by atoms with Crippen LogP contribution in [0.4, 0.5) is 0 Å². The number of sulfone groups is 1. The number of allylic oxidation sites excluding steroid dienone is 1. The minimum Gasteiger partial charge on any atom is -0.219 e. The van der Waals surface area contributed by atoms with Crippen LogP contribution in [-0.4, -0.2) is 8.42 Å². The lowest BCUT2D eigenvalue weighted by molar-refractivity contribution is 0.305. The molecular formula is C17H26O2S. The van der Waals surface area contributed by atoms with Crippen molar-refractivity contribution >= 4 is 9.84 Å². The van der Waals surface area contributed by atoms with E-state index in [-0.39, 0.29) is 5.41 Å². The van der Waals surface area contributed by atoms with Crippen molar-refractivity contribution in [1.29, 1.82) is 0 Å². The highest BCUT2D eigenvalue weighted by atomic mass is 32.2. The van der Waals surface area contributed by atoms with Crippen LogP contribution in [-0.2, 0) is 9.84 Å². The molecule has 0 fully saturated rings. The third kappa shape index (κ3) is 4.78. The van der Waals surface area contributed by atoms with Gasteiger partial charge in [-0.1, -0.05) is 58.9 Å². The smallest absolute Gasteiger partial charge is 0.202 e. The van der Waals surface area contributed by atoms with Gasteiger partial charge >= 0.3 is 0 Å². The van der Waals surface area contributed by atoms with E-state index in [0.29, 0.717) is 22.1 Å². The number of hydrogen-bond donors (Lipinski definition) is 0. The number of rotatable bonds is 7. The van der Waals surface area contributed by atoms with Gasteiger partial charge < -0.3 is 0 Å². The van der Waals surface area contributed by atoms with Crippen LogP contribution in [0, 0.1) is 11.3 Å². The molecule has 0 saturated carbocycles. The van der Waals surface area contributed by atoms with Crippen molar-refractivity contribution in [2.75, 3.05) is 0 Å². The summed E-state index contributed by atoms with van der Waals surface area (Å²) in [6, 6.07) is 8.55. The lowest BCUT2D eigenvalue weighted by Crippen LogP contribution is -2.17. The summed E-state index contributed by atoms with van der Waals surface area (Å²) < 4.78 is 24.9. The first-order valence-corrected chi connectivity index (χ1v) is 8.61. The predicted molar refractivity (Wildman–Crippen MR) is 85.2 cm³/mol. The summed E-state index contributed by atoms with van der Waals surface area (Å²) in [5.41, 5.74) is -0.0385. The Morgan fingerprint density at radius 2 is 1.75 bits per heavy atom. The van der Waals surface area contributed by atoms with Gasteiger partial charge in [-0.05, 0) is 36.3 Å². The standard InChI is InChI=1S/C17H26O2S/c1-14(2)11-12-17(4,5)13-15(3)20(18,19)16-9-7-6-8-10-16/h6-10,14H,3,11-13H2,1-2,4-5H3. The van der Waals surface area contributed by atoms with Crippen molar-refractivity contribution in [3.05, 3.63) is 41.8 Å². The van der Waals surface area contributed by atoms with E-state index >= 15 is 0 Å². The van der Waals surface area contributed by atoms with Crippen LogP contribution in [0.2, 0.25) is 0 Å². The lowest BCUT2D eigenvalue weighted by atomic mass is 9.82. The van der Waals surface area contributed by atoms with Crippen LogP contribution in [0.1, 0.15) is 47.0 Å². The molecule has 3 heteroatoms. The molecule has 1 aromatic carbocycles. The summed E-state index contributed by atoms with van der Waals surface area (Å²) in [6.45, 7) is 12.4. The van der Waals surface area contributed by atoms with Crippen molar-refractivity contribution in [3.8, 4) is 0 Å². The van der Waals surface area contributed by atoms with Crippen LogP contribution in [0.15, 0.2) is 46.7 Å². The topological polar surface area (TPSA) is 34.1 Å². The zero-order valence-corrected chi connectivity index (χ0v) is 13.8. The van der Waals surface area contributed by atoms with Crippen molar-refractivity contribution in [2.45, 2.75) is 51.9 Å². The molecule has 1 aromatic rings. The van der Waals surface area contributed by atoms with Gasteiger partial charge in [0.2, 0.25) is 9.84 Å². The SMILES string of the molecule is C=C(CC(C)(C)CCC(C)C)S(=O)(=O)c1ccccc1. The lowest BCUT2D eigenvalue weighted by Gasteiger charge is -2.26. The second-order valence-electron chi connectivity index (χ2n) is 6.63. The first-order chi connectivity index (χ1) is 9.15. The fourth-order valence-electron chi connectivity index (χ4n) is 2.16. The van der Waals surface area contributed by atoms with E-state index in [4.69, 9.17) is 0 Å². The highest BCUT2D eigenvalue weighted by Crippen LogP contribution is 2.34. The third-order valence-corrected chi connectivity index (χ3v) is 5.30. The van der Waals surface area contributed by atoms with Crippen LogP contribution < -0.4 is 0 Å². The Kier molecular flexibility index (Phi) is 5.58. The molecule has 0 radical (unpaired) electrons. The second kappa shape index (κ2) is 6.57. The molecule has 0 aliphatic rings. The first-order valence-electron chi connectivity index (χ1n) is 7.13. The summed E-state index contributed by atoms with van der Waals surface area (Å²) >= 11 is 0. The molecule has 0 aliphatic carbocycles. The zero-order chi connectivity index (χ0) is 15.4. The van der Waals surface area contributed by atoms with Gasteiger partial charge in [-0.3, -0.25) is 0 Å². The van der Waals surface area contributed by atoms with Gasteiger partial charge in [-0.25, -0.2) is 8.42 Å². The molecule has 0 saturated heterocycles. The first kappa shape index (κ1) is 17.0. The highest BCUT2D eigenvalue weighted by molar-refractivity contribution is 7.95. The number of benzene rings is 1. The van der Waals surface area contributed by atoms with Crippen molar-refractivity contribution in [2.24, 2.45) is 11.3 Å². The molecular weight excluding hydrogens is 268 g/mol. The molecule has 1 rings (SSSR count). The average molecular weight is 294 g/mol. The highest BCUT2D eigenvalue weighted by Gasteiger charge is 2.26. The Labute approximate surface area is 123 Å². The third-order valence-electron chi connectivity index (χ3n) is 3.51. The van der Waals surface area contributed by atoms with Gasteiger partial charge in [0.25, 0.3) is 0 Å². The second-order valence-corrected chi connectivity index (χ2v) is 8.68. The fraction of sp³-hybridized carbons (Fsp3) is 0.529. The monoisotopic (exact) mass is 294 g/mol. The van der Waals surface area contributed by atoms with Gasteiger partial charge in [0, 0.05) is 4.91 Å². The Hall–Kier alpha value is -1.09. The molecule has 0 unspecified atom stereocenters. The van der Waals surface area contributed by atoms with Gasteiger partial charge in [-0.2, -0.15) is 0 Å². The molecule has 2 nitrogen and oxygen atoms in total. The Morgan fingerprint density at radius 1 is 1.20 bits per heavy atom. The predicted octanol–water partition coefficient (Wildman–Crippen LogP) is 4.83. The van der Waals surface area contributed by atoms with Crippen molar-refractivity contribution in [3.63, 3.8) is 0 Å². The van der Waals surface area contributed by atoms with Gasteiger partial charge in [0.05, 0.1) is 4.90 Å². The van der Waals surface area contributed by atoms with E-state index in [0.717, 1.165) is 12.8 Å². The summed E-state index contributed by atoms with van der Waals surface area (Å²) in [5, 5.41) is 0. The zero-order valence-electron chi connectivity index (χ0n) is 13.0. The van der Waals surface area contributed by atoms with Crippen molar-refractivity contribution < 1.29 is 8.42 Å². The van der Waals surface area contributed by atoms with Crippen LogP contribution in [0.5, 0.6) is 0 Å². The average Bonchev–Trinajstić information content (AvgIpc) is 2.37. The van der Waals surface area contributed by atoms with Crippen LogP contribution >= 0.6 is 0 Å². The molecule has 112 valence electrons. The fourth-order valence-corrected chi connectivity index (χ4v) is 3.59. The molecule has 0 heterocycles. The molecule has 0 N–H and O–H groups in total. The maximum Gasteiger partial charge on any atom is 0.202 e. The van der Waals surface area contributed by atoms with E-state index < -0.39 is 9.84 Å². The molecule has 0 aliphatic heterocycles. The Balaban J connectivity index is 2.80. The molecule has 0 amide bonds. The van der Waals surface area contributed by atoms with Crippen molar-refractivity contribution in [1.82, 2.24) is 0 Å². The minimum atomic E-state index is -3.41. The van der Waals surface area contributed by atoms with E-state index in [1.54, 1.807) is 24.3 Å². The largest absolute Gasteiger partial charge is 0.219 e. The minimum absolute atomic E-state index is 0.0385. The molecule has 0 bridgehead atoms. The molecule has 0 spiro atoms. The maximum absolute atomic E-state index is 12.4. The Morgan fingerprint density at radius 3 is 2.25 bits per heavy atom. The van der Waals surface area contributed by atoms with Gasteiger partial charge in [0.15, 0.2) is 0 Å². The summed E-state index contributed by atoms with van der Waals surface area (Å²) in [7, 11) is -3.41. The van der Waals surface area contributed by atoms with Crippen LogP contribution in [0.3, 0.4) is 0 Å². The molecule has 20 heavy (non-hydrogen) atoms. The van der Waals surface area contributed by atoms with E-state index in [9.17, 15) is 8.42 Å².